The largest absolute Gasteiger partial charge is 0.467 e. The van der Waals surface area contributed by atoms with Gasteiger partial charge in [0.05, 0.1) is 33.1 Å². The van der Waals surface area contributed by atoms with Crippen molar-refractivity contribution in [2.45, 2.75) is 44.2 Å². The monoisotopic (exact) mass is 456 g/mol. The molecule has 2 aliphatic heterocycles. The Hall–Kier alpha value is -3.56. The summed E-state index contributed by atoms with van der Waals surface area (Å²) >= 11 is 0. The van der Waals surface area contributed by atoms with Crippen molar-refractivity contribution in [3.63, 3.8) is 0 Å². The van der Waals surface area contributed by atoms with Crippen molar-refractivity contribution >= 4 is 24.4 Å². The highest BCUT2D eigenvalue weighted by Gasteiger charge is 2.31. The first-order valence-electron chi connectivity index (χ1n) is 11.0. The molecule has 2 atom stereocenters. The Kier molecular flexibility index (Phi) is 7.11. The first-order chi connectivity index (χ1) is 16.1. The Balaban J connectivity index is 1.33. The molecule has 4 rings (SSSR count). The predicted octanol–water partition coefficient (Wildman–Crippen LogP) is 2.41. The summed E-state index contributed by atoms with van der Waals surface area (Å²) in [6.45, 7) is 1.41. The number of esters is 2. The van der Waals surface area contributed by atoms with E-state index in [1.807, 2.05) is 24.3 Å². The van der Waals surface area contributed by atoms with Crippen LogP contribution in [0.4, 0.5) is 0 Å². The van der Waals surface area contributed by atoms with Crippen molar-refractivity contribution in [2.24, 2.45) is 10.2 Å². The Labute approximate surface area is 191 Å². The summed E-state index contributed by atoms with van der Waals surface area (Å²) in [7, 11) is 2.78. The summed E-state index contributed by atoms with van der Waals surface area (Å²) in [6.07, 6.45) is 6.96. The highest BCUT2D eigenvalue weighted by atomic mass is 16.5. The van der Waals surface area contributed by atoms with Gasteiger partial charge in [-0.3, -0.25) is 10.0 Å². The summed E-state index contributed by atoms with van der Waals surface area (Å²) in [4.78, 5) is 23.6. The van der Waals surface area contributed by atoms with Crippen LogP contribution in [-0.4, -0.2) is 73.8 Å². The van der Waals surface area contributed by atoms with Crippen LogP contribution in [0, 0.1) is 0 Å². The third kappa shape index (κ3) is 5.44. The SMILES string of the molecule is COC(=O)[C@@H]1CCCN1N=Cc1ccc(Cc2ccc(C=NN3CCC[C@H]3C(=O)OC)o2)o1. The van der Waals surface area contributed by atoms with E-state index in [-0.39, 0.29) is 24.0 Å². The van der Waals surface area contributed by atoms with Gasteiger partial charge >= 0.3 is 11.9 Å². The van der Waals surface area contributed by atoms with Crippen molar-refractivity contribution in [3.05, 3.63) is 47.3 Å². The fourth-order valence-electron chi connectivity index (χ4n) is 4.08. The van der Waals surface area contributed by atoms with Crippen LogP contribution < -0.4 is 0 Å². The van der Waals surface area contributed by atoms with Gasteiger partial charge in [-0.15, -0.1) is 0 Å². The molecule has 0 saturated carbocycles. The molecule has 2 fully saturated rings. The minimum atomic E-state index is -0.340. The second-order valence-electron chi connectivity index (χ2n) is 7.96. The number of methoxy groups -OCH3 is 2. The van der Waals surface area contributed by atoms with Crippen LogP contribution in [0.3, 0.4) is 0 Å². The van der Waals surface area contributed by atoms with Crippen LogP contribution in [0.2, 0.25) is 0 Å². The lowest BCUT2D eigenvalue weighted by atomic mass is 10.2. The number of furan rings is 2. The van der Waals surface area contributed by atoms with E-state index in [1.54, 1.807) is 22.4 Å². The summed E-state index contributed by atoms with van der Waals surface area (Å²) in [5, 5.41) is 12.2. The minimum Gasteiger partial charge on any atom is -0.467 e. The van der Waals surface area contributed by atoms with Gasteiger partial charge in [0.1, 0.15) is 35.1 Å². The number of carbonyl (C=O) groups is 2. The Morgan fingerprint density at radius 3 is 1.76 bits per heavy atom. The Morgan fingerprint density at radius 2 is 1.33 bits per heavy atom. The van der Waals surface area contributed by atoms with Gasteiger partial charge in [0.15, 0.2) is 0 Å². The lowest BCUT2D eigenvalue weighted by molar-refractivity contribution is -0.146. The standard InChI is InChI=1S/C23H28N4O6/c1-30-22(28)20-5-3-11-26(20)24-14-18-9-7-16(32-18)13-17-8-10-19(33-17)15-25-27-12-4-6-21(27)23(29)31-2/h7-10,14-15,20-21H,3-6,11-13H2,1-2H3/t20-,21-/m0/s1. The van der Waals surface area contributed by atoms with E-state index in [1.165, 1.54) is 14.2 Å². The zero-order valence-electron chi connectivity index (χ0n) is 18.8. The molecule has 0 amide bonds. The molecular formula is C23H28N4O6. The molecule has 0 radical (unpaired) electrons. The van der Waals surface area contributed by atoms with Crippen molar-refractivity contribution in [3.8, 4) is 0 Å². The van der Waals surface area contributed by atoms with Crippen LogP contribution in [0.5, 0.6) is 0 Å². The molecule has 0 bridgehead atoms. The fourth-order valence-corrected chi connectivity index (χ4v) is 4.08. The maximum atomic E-state index is 11.8. The average Bonchev–Trinajstić information content (AvgIpc) is 3.63. The summed E-state index contributed by atoms with van der Waals surface area (Å²) in [5.41, 5.74) is 0. The van der Waals surface area contributed by atoms with Crippen LogP contribution in [-0.2, 0) is 25.5 Å². The molecule has 0 N–H and O–H groups in total. The van der Waals surface area contributed by atoms with Gasteiger partial charge in [-0.25, -0.2) is 9.59 Å². The normalized spacial score (nSPS) is 20.9. The van der Waals surface area contributed by atoms with Gasteiger partial charge < -0.3 is 18.3 Å². The van der Waals surface area contributed by atoms with Gasteiger partial charge in [0, 0.05) is 13.1 Å². The van der Waals surface area contributed by atoms with Gasteiger partial charge in [0.25, 0.3) is 0 Å². The van der Waals surface area contributed by atoms with E-state index >= 15 is 0 Å². The average molecular weight is 456 g/mol. The molecule has 0 aliphatic carbocycles. The summed E-state index contributed by atoms with van der Waals surface area (Å²) in [6, 6.07) is 6.70. The van der Waals surface area contributed by atoms with Crippen LogP contribution in [0.15, 0.2) is 43.3 Å². The summed E-state index contributed by atoms with van der Waals surface area (Å²) in [5.74, 6) is 2.10. The molecule has 176 valence electrons. The molecule has 33 heavy (non-hydrogen) atoms. The molecule has 10 heteroatoms. The fraction of sp³-hybridized carbons (Fsp3) is 0.478. The molecule has 2 saturated heterocycles. The molecular weight excluding hydrogens is 428 g/mol. The van der Waals surface area contributed by atoms with Crippen LogP contribution in [0.1, 0.15) is 48.7 Å². The maximum Gasteiger partial charge on any atom is 0.330 e. The zero-order chi connectivity index (χ0) is 23.2. The first-order valence-corrected chi connectivity index (χ1v) is 11.0. The van der Waals surface area contributed by atoms with Gasteiger partial charge in [0.2, 0.25) is 0 Å². The number of hydrazone groups is 2. The van der Waals surface area contributed by atoms with Gasteiger partial charge in [-0.05, 0) is 49.9 Å². The molecule has 4 heterocycles. The number of ether oxygens (including phenoxy) is 2. The number of hydrogen-bond acceptors (Lipinski definition) is 10. The second kappa shape index (κ2) is 10.4. The molecule has 2 aliphatic rings. The van der Waals surface area contributed by atoms with E-state index in [2.05, 4.69) is 10.2 Å². The topological polar surface area (TPSA) is 110 Å². The second-order valence-corrected chi connectivity index (χ2v) is 7.96. The molecule has 0 spiro atoms. The third-order valence-corrected chi connectivity index (χ3v) is 5.78. The van der Waals surface area contributed by atoms with Crippen LogP contribution >= 0.6 is 0 Å². The first kappa shape index (κ1) is 22.6. The minimum absolute atomic E-state index is 0.271. The van der Waals surface area contributed by atoms with E-state index in [4.69, 9.17) is 18.3 Å². The number of nitrogens with zero attached hydrogens (tertiary/aromatic N) is 4. The molecule has 2 aromatic rings. The van der Waals surface area contributed by atoms with E-state index in [9.17, 15) is 9.59 Å². The lowest BCUT2D eigenvalue weighted by Crippen LogP contribution is -2.33. The Morgan fingerprint density at radius 1 is 0.879 bits per heavy atom. The lowest BCUT2D eigenvalue weighted by Gasteiger charge is -2.18. The third-order valence-electron chi connectivity index (χ3n) is 5.78. The molecule has 2 aromatic heterocycles. The number of carbonyl (C=O) groups excluding carboxylic acids is 2. The van der Waals surface area contributed by atoms with E-state index < -0.39 is 0 Å². The quantitative estimate of drug-likeness (QED) is 0.440. The van der Waals surface area contributed by atoms with Gasteiger partial charge in [-0.1, -0.05) is 0 Å². The molecule has 10 nitrogen and oxygen atoms in total. The highest BCUT2D eigenvalue weighted by molar-refractivity contribution is 5.79. The molecule has 0 unspecified atom stereocenters. The predicted molar refractivity (Wildman–Crippen MR) is 119 cm³/mol. The number of rotatable bonds is 8. The van der Waals surface area contributed by atoms with Gasteiger partial charge in [-0.2, -0.15) is 10.2 Å². The van der Waals surface area contributed by atoms with E-state index in [0.717, 1.165) is 37.2 Å². The van der Waals surface area contributed by atoms with Crippen molar-refractivity contribution in [2.75, 3.05) is 27.3 Å². The van der Waals surface area contributed by atoms with Crippen molar-refractivity contribution < 1.29 is 27.9 Å². The molecule has 0 aromatic carbocycles. The number of hydrogen-bond donors (Lipinski definition) is 0. The highest BCUT2D eigenvalue weighted by Crippen LogP contribution is 2.20. The van der Waals surface area contributed by atoms with E-state index in [0.29, 0.717) is 31.0 Å². The zero-order valence-corrected chi connectivity index (χ0v) is 18.8. The van der Waals surface area contributed by atoms with Crippen LogP contribution in [0.25, 0.3) is 0 Å². The Bertz CT molecular complexity index is 946. The maximum absolute atomic E-state index is 11.8. The van der Waals surface area contributed by atoms with Crippen molar-refractivity contribution in [1.29, 1.82) is 0 Å². The summed E-state index contributed by atoms with van der Waals surface area (Å²) < 4.78 is 21.3. The smallest absolute Gasteiger partial charge is 0.330 e. The van der Waals surface area contributed by atoms with Crippen molar-refractivity contribution in [1.82, 2.24) is 10.0 Å².